The Morgan fingerprint density at radius 2 is 2.04 bits per heavy atom. The van der Waals surface area contributed by atoms with E-state index in [1.807, 2.05) is 6.20 Å². The summed E-state index contributed by atoms with van der Waals surface area (Å²) in [6.45, 7) is 3.86. The summed E-state index contributed by atoms with van der Waals surface area (Å²) in [7, 11) is 2.13. The molecule has 5 heteroatoms. The third kappa shape index (κ3) is 3.16. The number of hydrogen-bond acceptors (Lipinski definition) is 4. The lowest BCUT2D eigenvalue weighted by atomic mass is 10.0. The van der Waals surface area contributed by atoms with Gasteiger partial charge in [0.15, 0.2) is 5.82 Å². The van der Waals surface area contributed by atoms with Crippen LogP contribution < -0.4 is 0 Å². The number of hydrogen-bond donors (Lipinski definition) is 0. The van der Waals surface area contributed by atoms with Crippen LogP contribution in [0.5, 0.6) is 0 Å². The molecule has 0 amide bonds. The first kappa shape index (κ1) is 16.6. The van der Waals surface area contributed by atoms with Gasteiger partial charge in [0.2, 0.25) is 0 Å². The molecule has 1 aromatic carbocycles. The summed E-state index contributed by atoms with van der Waals surface area (Å²) in [5.41, 5.74) is 6.27. The molecule has 2 aromatic heterocycles. The zero-order valence-electron chi connectivity index (χ0n) is 15.9. The molecular weight excluding hydrogens is 334 g/mol. The highest BCUT2D eigenvalue weighted by Crippen LogP contribution is 2.25. The topological polar surface area (TPSA) is 46.3 Å². The molecule has 0 saturated heterocycles. The van der Waals surface area contributed by atoms with Crippen molar-refractivity contribution in [1.82, 2.24) is 19.4 Å². The Morgan fingerprint density at radius 1 is 1.11 bits per heavy atom. The van der Waals surface area contributed by atoms with E-state index in [0.29, 0.717) is 0 Å². The third-order valence-electron chi connectivity index (χ3n) is 5.77. The van der Waals surface area contributed by atoms with Gasteiger partial charge in [-0.05, 0) is 30.9 Å². The van der Waals surface area contributed by atoms with Crippen LogP contribution in [0.4, 0.5) is 0 Å². The van der Waals surface area contributed by atoms with Crippen LogP contribution in [-0.2, 0) is 26.6 Å². The summed E-state index contributed by atoms with van der Waals surface area (Å²) >= 11 is 0. The Kier molecular flexibility index (Phi) is 4.24. The highest BCUT2D eigenvalue weighted by molar-refractivity contribution is 5.97. The van der Waals surface area contributed by atoms with E-state index >= 15 is 0 Å². The molecule has 0 unspecified atom stereocenters. The quantitative estimate of drug-likeness (QED) is 0.719. The molecule has 4 heterocycles. The van der Waals surface area contributed by atoms with Crippen LogP contribution in [0, 0.1) is 0 Å². The van der Waals surface area contributed by atoms with E-state index < -0.39 is 0 Å². The van der Waals surface area contributed by atoms with Crippen molar-refractivity contribution >= 4 is 16.6 Å². The van der Waals surface area contributed by atoms with E-state index in [4.69, 9.17) is 4.98 Å². The molecule has 0 spiro atoms. The second-order valence-corrected chi connectivity index (χ2v) is 7.69. The summed E-state index contributed by atoms with van der Waals surface area (Å²) in [6.07, 6.45) is 8.70. The fraction of sp³-hybridized carbons (Fsp3) is 0.409. The molecule has 3 aromatic rings. The number of aryl methyl sites for hydroxylation is 1. The van der Waals surface area contributed by atoms with E-state index in [1.54, 1.807) is 0 Å². The van der Waals surface area contributed by atoms with Gasteiger partial charge < -0.3 is 4.57 Å². The Morgan fingerprint density at radius 3 is 2.93 bits per heavy atom. The van der Waals surface area contributed by atoms with Crippen molar-refractivity contribution in [3.8, 4) is 0 Å². The van der Waals surface area contributed by atoms with Gasteiger partial charge >= 0.3 is 0 Å². The van der Waals surface area contributed by atoms with E-state index in [9.17, 15) is 0 Å². The highest BCUT2D eigenvalue weighted by atomic mass is 15.1. The molecule has 0 atom stereocenters. The monoisotopic (exact) mass is 359 g/mol. The number of fused-ring (bicyclic) bond motifs is 2. The van der Waals surface area contributed by atoms with Crippen molar-refractivity contribution in [1.29, 1.82) is 0 Å². The molecule has 0 N–H and O–H groups in total. The average Bonchev–Trinajstić information content (AvgIpc) is 3.04. The van der Waals surface area contributed by atoms with Gasteiger partial charge in [0.1, 0.15) is 0 Å². The van der Waals surface area contributed by atoms with E-state index in [-0.39, 0.29) is 0 Å². The number of nitrogens with zero attached hydrogens (tertiary/aromatic N) is 5. The smallest absolute Gasteiger partial charge is 0.173 e. The molecule has 27 heavy (non-hydrogen) atoms. The first-order valence-corrected chi connectivity index (χ1v) is 9.92. The molecule has 5 nitrogen and oxygen atoms in total. The predicted octanol–water partition coefficient (Wildman–Crippen LogP) is 3.50. The fourth-order valence-corrected chi connectivity index (χ4v) is 4.32. The van der Waals surface area contributed by atoms with Crippen LogP contribution in [0.2, 0.25) is 0 Å². The standard InChI is InChI=1S/C22H25N5/c1-26-13-17(18-6-2-3-8-21(18)26)15-27-11-9-19-16(14-27)12-24-22(25-19)20-7-4-5-10-23-20/h2-3,6,8,12-13H,4-5,7,9-11,14-15H2,1H3. The lowest BCUT2D eigenvalue weighted by Gasteiger charge is -2.28. The maximum Gasteiger partial charge on any atom is 0.173 e. The Labute approximate surface area is 159 Å². The van der Waals surface area contributed by atoms with Crippen molar-refractivity contribution in [2.24, 2.45) is 12.0 Å². The Balaban J connectivity index is 1.36. The fourth-order valence-electron chi connectivity index (χ4n) is 4.32. The van der Waals surface area contributed by atoms with Crippen LogP contribution in [0.3, 0.4) is 0 Å². The summed E-state index contributed by atoms with van der Waals surface area (Å²) < 4.78 is 2.23. The second-order valence-electron chi connectivity index (χ2n) is 7.69. The zero-order chi connectivity index (χ0) is 18.2. The average molecular weight is 359 g/mol. The van der Waals surface area contributed by atoms with Gasteiger partial charge in [-0.2, -0.15) is 0 Å². The molecule has 5 rings (SSSR count). The number of para-hydroxylation sites is 1. The number of rotatable bonds is 3. The van der Waals surface area contributed by atoms with E-state index in [1.165, 1.54) is 40.6 Å². The van der Waals surface area contributed by atoms with Gasteiger partial charge in [-0.25, -0.2) is 9.97 Å². The van der Waals surface area contributed by atoms with Crippen molar-refractivity contribution in [2.45, 2.75) is 38.8 Å². The van der Waals surface area contributed by atoms with Crippen molar-refractivity contribution in [3.63, 3.8) is 0 Å². The molecule has 0 saturated carbocycles. The SMILES string of the molecule is Cn1cc(CN2CCc3nc(C4=NCCCC4)ncc3C2)c2ccccc21. The largest absolute Gasteiger partial charge is 0.350 e. The van der Waals surface area contributed by atoms with Crippen LogP contribution >= 0.6 is 0 Å². The summed E-state index contributed by atoms with van der Waals surface area (Å²) in [6, 6.07) is 8.64. The van der Waals surface area contributed by atoms with Gasteiger partial charge in [-0.1, -0.05) is 18.2 Å². The Bertz CT molecular complexity index is 1020. The van der Waals surface area contributed by atoms with Crippen LogP contribution in [-0.4, -0.2) is 38.2 Å². The lowest BCUT2D eigenvalue weighted by Crippen LogP contribution is -2.31. The first-order valence-electron chi connectivity index (χ1n) is 9.92. The van der Waals surface area contributed by atoms with Gasteiger partial charge in [0.25, 0.3) is 0 Å². The normalized spacial score (nSPS) is 17.7. The van der Waals surface area contributed by atoms with Crippen molar-refractivity contribution < 1.29 is 0 Å². The van der Waals surface area contributed by atoms with Gasteiger partial charge in [-0.3, -0.25) is 9.89 Å². The molecule has 0 aliphatic carbocycles. The Hall–Kier alpha value is -2.53. The molecule has 2 aliphatic heterocycles. The van der Waals surface area contributed by atoms with Crippen LogP contribution in [0.1, 0.15) is 41.9 Å². The van der Waals surface area contributed by atoms with Gasteiger partial charge in [0.05, 0.1) is 11.4 Å². The lowest BCUT2D eigenvalue weighted by molar-refractivity contribution is 0.243. The van der Waals surface area contributed by atoms with Gasteiger partial charge in [-0.15, -0.1) is 0 Å². The molecule has 0 fully saturated rings. The number of aromatic nitrogens is 3. The highest BCUT2D eigenvalue weighted by Gasteiger charge is 2.21. The van der Waals surface area contributed by atoms with Crippen molar-refractivity contribution in [2.75, 3.05) is 13.1 Å². The minimum absolute atomic E-state index is 0.857. The van der Waals surface area contributed by atoms with E-state index in [2.05, 4.69) is 57.0 Å². The predicted molar refractivity (Wildman–Crippen MR) is 108 cm³/mol. The summed E-state index contributed by atoms with van der Waals surface area (Å²) in [5.74, 6) is 0.857. The summed E-state index contributed by atoms with van der Waals surface area (Å²) in [4.78, 5) is 16.6. The van der Waals surface area contributed by atoms with Crippen molar-refractivity contribution in [3.05, 3.63) is 59.3 Å². The summed E-state index contributed by atoms with van der Waals surface area (Å²) in [5, 5.41) is 1.35. The maximum absolute atomic E-state index is 4.86. The molecule has 138 valence electrons. The van der Waals surface area contributed by atoms with Crippen LogP contribution in [0.15, 0.2) is 41.7 Å². The third-order valence-corrected chi connectivity index (χ3v) is 5.77. The molecule has 2 aliphatic rings. The maximum atomic E-state index is 4.86. The number of aliphatic imine (C=N–C) groups is 1. The zero-order valence-corrected chi connectivity index (χ0v) is 15.9. The molecule has 0 bridgehead atoms. The molecule has 0 radical (unpaired) electrons. The van der Waals surface area contributed by atoms with Crippen LogP contribution in [0.25, 0.3) is 10.9 Å². The first-order chi connectivity index (χ1) is 13.3. The minimum Gasteiger partial charge on any atom is -0.350 e. The minimum atomic E-state index is 0.857. The number of benzene rings is 1. The molecular formula is C22H25N5. The second kappa shape index (κ2) is 6.89. The van der Waals surface area contributed by atoms with E-state index in [0.717, 1.165) is 50.6 Å². The van der Waals surface area contributed by atoms with Gasteiger partial charge in [0, 0.05) is 68.5 Å².